The van der Waals surface area contributed by atoms with Crippen LogP contribution in [0, 0.1) is 0 Å². The van der Waals surface area contributed by atoms with E-state index >= 15 is 0 Å². The van der Waals surface area contributed by atoms with Gasteiger partial charge in [0.25, 0.3) is 0 Å². The van der Waals surface area contributed by atoms with Crippen LogP contribution in [0.1, 0.15) is 12.8 Å². The summed E-state index contributed by atoms with van der Waals surface area (Å²) in [4.78, 5) is 32.4. The van der Waals surface area contributed by atoms with E-state index in [0.717, 1.165) is 24.3 Å². The van der Waals surface area contributed by atoms with Crippen molar-refractivity contribution in [3.05, 3.63) is 36.5 Å². The molecule has 2 aromatic rings. The van der Waals surface area contributed by atoms with Gasteiger partial charge in [-0.05, 0) is 17.9 Å². The zero-order valence-corrected chi connectivity index (χ0v) is 13.4. The lowest BCUT2D eigenvalue weighted by Crippen LogP contribution is -2.53. The lowest BCUT2D eigenvalue weighted by Gasteiger charge is -2.36. The lowest BCUT2D eigenvalue weighted by molar-refractivity contribution is -0.134. The minimum absolute atomic E-state index is 0.0214. The Balaban J connectivity index is 1.46. The summed E-state index contributed by atoms with van der Waals surface area (Å²) in [5.41, 5.74) is 0. The molecule has 0 bridgehead atoms. The van der Waals surface area contributed by atoms with Gasteiger partial charge in [-0.25, -0.2) is 4.98 Å². The maximum Gasteiger partial charge on any atom is 0.245 e. The number of nitrogens with zero attached hydrogens (tertiary/aromatic N) is 3. The molecule has 0 saturated carbocycles. The van der Waals surface area contributed by atoms with Gasteiger partial charge in [0.1, 0.15) is 11.9 Å². The number of piperazine rings is 1. The predicted octanol–water partition coefficient (Wildman–Crippen LogP) is 1.16. The van der Waals surface area contributed by atoms with Crippen molar-refractivity contribution >= 4 is 28.4 Å². The highest BCUT2D eigenvalue weighted by molar-refractivity contribution is 5.93. The molecule has 2 saturated heterocycles. The molecule has 2 amide bonds. The summed E-state index contributed by atoms with van der Waals surface area (Å²) in [6, 6.07) is 9.90. The van der Waals surface area contributed by atoms with Crippen molar-refractivity contribution in [3.63, 3.8) is 0 Å². The van der Waals surface area contributed by atoms with Crippen LogP contribution >= 0.6 is 0 Å². The van der Waals surface area contributed by atoms with Gasteiger partial charge < -0.3 is 15.1 Å². The zero-order chi connectivity index (χ0) is 16.5. The number of aromatic nitrogens is 1. The van der Waals surface area contributed by atoms with Gasteiger partial charge in [0, 0.05) is 44.2 Å². The summed E-state index contributed by atoms with van der Waals surface area (Å²) >= 11 is 0. The molecule has 1 atom stereocenters. The first kappa shape index (κ1) is 14.9. The van der Waals surface area contributed by atoms with Crippen LogP contribution in [0.25, 0.3) is 10.8 Å². The van der Waals surface area contributed by atoms with Crippen LogP contribution < -0.4 is 10.2 Å². The molecular weight excluding hydrogens is 304 g/mol. The fourth-order valence-electron chi connectivity index (χ4n) is 3.51. The maximum absolute atomic E-state index is 12.5. The minimum atomic E-state index is -0.334. The number of nitrogens with one attached hydrogen (secondary N) is 1. The summed E-state index contributed by atoms with van der Waals surface area (Å²) in [5, 5.41) is 5.08. The van der Waals surface area contributed by atoms with Crippen LogP contribution in [0.2, 0.25) is 0 Å². The number of anilines is 1. The van der Waals surface area contributed by atoms with Gasteiger partial charge in [0.15, 0.2) is 0 Å². The van der Waals surface area contributed by atoms with Crippen LogP contribution in [-0.4, -0.2) is 53.9 Å². The molecule has 0 radical (unpaired) electrons. The van der Waals surface area contributed by atoms with E-state index in [2.05, 4.69) is 27.3 Å². The highest BCUT2D eigenvalue weighted by Crippen LogP contribution is 2.25. The third-order valence-electron chi connectivity index (χ3n) is 4.84. The second-order valence-electron chi connectivity index (χ2n) is 6.33. The van der Waals surface area contributed by atoms with Crippen molar-refractivity contribution in [2.24, 2.45) is 0 Å². The Morgan fingerprint density at radius 2 is 1.92 bits per heavy atom. The number of carbonyl (C=O) groups excluding carboxylic acids is 2. The first-order valence-corrected chi connectivity index (χ1v) is 8.39. The number of carbonyl (C=O) groups is 2. The van der Waals surface area contributed by atoms with Crippen LogP contribution in [-0.2, 0) is 9.59 Å². The van der Waals surface area contributed by atoms with E-state index < -0.39 is 0 Å². The van der Waals surface area contributed by atoms with E-state index in [-0.39, 0.29) is 17.9 Å². The second-order valence-corrected chi connectivity index (χ2v) is 6.33. The third-order valence-corrected chi connectivity index (χ3v) is 4.84. The van der Waals surface area contributed by atoms with Crippen LogP contribution in [0.5, 0.6) is 0 Å². The zero-order valence-electron chi connectivity index (χ0n) is 13.4. The van der Waals surface area contributed by atoms with Crippen LogP contribution in [0.15, 0.2) is 36.5 Å². The van der Waals surface area contributed by atoms with E-state index in [4.69, 9.17) is 0 Å². The lowest BCUT2D eigenvalue weighted by atomic mass is 10.1. The fourth-order valence-corrected chi connectivity index (χ4v) is 3.51. The summed E-state index contributed by atoms with van der Waals surface area (Å²) in [7, 11) is 0. The van der Waals surface area contributed by atoms with Gasteiger partial charge in [-0.2, -0.15) is 0 Å². The molecule has 2 aliphatic heterocycles. The molecule has 124 valence electrons. The largest absolute Gasteiger partial charge is 0.353 e. The smallest absolute Gasteiger partial charge is 0.245 e. The van der Waals surface area contributed by atoms with E-state index in [9.17, 15) is 9.59 Å². The highest BCUT2D eigenvalue weighted by Gasteiger charge is 2.32. The highest BCUT2D eigenvalue weighted by atomic mass is 16.2. The number of amides is 2. The molecule has 1 N–H and O–H groups in total. The molecule has 0 spiro atoms. The van der Waals surface area contributed by atoms with Gasteiger partial charge in [-0.1, -0.05) is 24.3 Å². The SMILES string of the molecule is O=C1CCC(C(=O)N2CCN(c3nccc4ccccc34)CC2)N1. The van der Waals surface area contributed by atoms with Gasteiger partial charge in [0.2, 0.25) is 11.8 Å². The number of fused-ring (bicyclic) bond motifs is 1. The average Bonchev–Trinajstić information content (AvgIpc) is 3.07. The van der Waals surface area contributed by atoms with Crippen molar-refractivity contribution < 1.29 is 9.59 Å². The molecule has 6 heteroatoms. The molecule has 24 heavy (non-hydrogen) atoms. The quantitative estimate of drug-likeness (QED) is 0.900. The molecule has 1 aromatic heterocycles. The number of hydrogen-bond donors (Lipinski definition) is 1. The Hall–Kier alpha value is -2.63. The van der Waals surface area contributed by atoms with Crippen molar-refractivity contribution in [1.82, 2.24) is 15.2 Å². The Labute approximate surface area is 140 Å². The van der Waals surface area contributed by atoms with Crippen LogP contribution in [0.4, 0.5) is 5.82 Å². The molecule has 0 aliphatic carbocycles. The summed E-state index contributed by atoms with van der Waals surface area (Å²) in [6.07, 6.45) is 2.91. The normalized spacial score (nSPS) is 21.2. The second kappa shape index (κ2) is 6.11. The monoisotopic (exact) mass is 324 g/mol. The number of pyridine rings is 1. The van der Waals surface area contributed by atoms with Crippen molar-refractivity contribution in [2.75, 3.05) is 31.1 Å². The topological polar surface area (TPSA) is 65.5 Å². The standard InChI is InChI=1S/C18H20N4O2/c23-16-6-5-15(20-16)18(24)22-11-9-21(10-12-22)17-14-4-2-1-3-13(14)7-8-19-17/h1-4,7-8,15H,5-6,9-12H2,(H,20,23). The molecule has 3 heterocycles. The molecule has 1 aromatic carbocycles. The Kier molecular flexibility index (Phi) is 3.80. The van der Waals surface area contributed by atoms with Gasteiger partial charge >= 0.3 is 0 Å². The molecule has 1 unspecified atom stereocenters. The van der Waals surface area contributed by atoms with E-state index in [0.29, 0.717) is 25.9 Å². The summed E-state index contributed by atoms with van der Waals surface area (Å²) in [5.74, 6) is 1.01. The van der Waals surface area contributed by atoms with Gasteiger partial charge in [-0.15, -0.1) is 0 Å². The third kappa shape index (κ3) is 2.68. The summed E-state index contributed by atoms with van der Waals surface area (Å²) in [6.45, 7) is 2.84. The molecule has 2 fully saturated rings. The first-order valence-electron chi connectivity index (χ1n) is 8.39. The van der Waals surface area contributed by atoms with Crippen LogP contribution in [0.3, 0.4) is 0 Å². The maximum atomic E-state index is 12.5. The Bertz CT molecular complexity index is 778. The number of hydrogen-bond acceptors (Lipinski definition) is 4. The van der Waals surface area contributed by atoms with Crippen molar-refractivity contribution in [3.8, 4) is 0 Å². The van der Waals surface area contributed by atoms with Crippen molar-refractivity contribution in [2.45, 2.75) is 18.9 Å². The molecule has 4 rings (SSSR count). The van der Waals surface area contributed by atoms with Crippen molar-refractivity contribution in [1.29, 1.82) is 0 Å². The minimum Gasteiger partial charge on any atom is -0.353 e. The summed E-state index contributed by atoms with van der Waals surface area (Å²) < 4.78 is 0. The van der Waals surface area contributed by atoms with E-state index in [1.54, 1.807) is 0 Å². The molecule has 2 aliphatic rings. The van der Waals surface area contributed by atoms with E-state index in [1.807, 2.05) is 29.3 Å². The molecular formula is C18H20N4O2. The van der Waals surface area contributed by atoms with Gasteiger partial charge in [0.05, 0.1) is 0 Å². The number of rotatable bonds is 2. The fraction of sp³-hybridized carbons (Fsp3) is 0.389. The van der Waals surface area contributed by atoms with E-state index in [1.165, 1.54) is 5.39 Å². The Morgan fingerprint density at radius 1 is 1.12 bits per heavy atom. The van der Waals surface area contributed by atoms with Gasteiger partial charge in [-0.3, -0.25) is 9.59 Å². The molecule has 6 nitrogen and oxygen atoms in total. The number of benzene rings is 1. The Morgan fingerprint density at radius 3 is 2.67 bits per heavy atom. The predicted molar refractivity (Wildman–Crippen MR) is 91.7 cm³/mol. The first-order chi connectivity index (χ1) is 11.7. The average molecular weight is 324 g/mol.